The Labute approximate surface area is 137 Å². The third-order valence-electron chi connectivity index (χ3n) is 3.70. The van der Waals surface area contributed by atoms with Crippen molar-refractivity contribution in [3.63, 3.8) is 0 Å². The minimum Gasteiger partial charge on any atom is -0.494 e. The molecule has 1 atom stereocenters. The predicted octanol–water partition coefficient (Wildman–Crippen LogP) is 4.40. The van der Waals surface area contributed by atoms with Gasteiger partial charge in [-0.2, -0.15) is 0 Å². The van der Waals surface area contributed by atoms with Crippen molar-refractivity contribution in [3.05, 3.63) is 60.2 Å². The maximum Gasteiger partial charge on any atom is 0.319 e. The third-order valence-corrected chi connectivity index (χ3v) is 3.70. The van der Waals surface area contributed by atoms with Crippen molar-refractivity contribution in [3.8, 4) is 5.75 Å². The molecule has 2 N–H and O–H groups in total. The number of anilines is 1. The summed E-state index contributed by atoms with van der Waals surface area (Å²) in [6.45, 7) is 5.31. The van der Waals surface area contributed by atoms with Crippen molar-refractivity contribution in [2.75, 3.05) is 18.5 Å². The molecule has 0 aromatic heterocycles. The molecule has 0 aliphatic carbocycles. The summed E-state index contributed by atoms with van der Waals surface area (Å²) in [5.41, 5.74) is 2.00. The Bertz CT molecular complexity index is 597. The second-order valence-electron chi connectivity index (χ2n) is 5.31. The molecule has 0 bridgehead atoms. The zero-order valence-electron chi connectivity index (χ0n) is 13.7. The van der Waals surface area contributed by atoms with Crippen LogP contribution in [0, 0.1) is 0 Å². The van der Waals surface area contributed by atoms with Gasteiger partial charge in [-0.25, -0.2) is 4.79 Å². The number of amides is 2. The number of hydrogen-bond donors (Lipinski definition) is 2. The summed E-state index contributed by atoms with van der Waals surface area (Å²) in [7, 11) is 0. The van der Waals surface area contributed by atoms with Crippen molar-refractivity contribution in [1.29, 1.82) is 0 Å². The molecular weight excluding hydrogens is 288 g/mol. The van der Waals surface area contributed by atoms with Gasteiger partial charge in [-0.15, -0.1) is 0 Å². The smallest absolute Gasteiger partial charge is 0.319 e. The highest BCUT2D eigenvalue weighted by Gasteiger charge is 2.10. The first-order chi connectivity index (χ1) is 11.2. The normalized spacial score (nSPS) is 11.6. The van der Waals surface area contributed by atoms with Gasteiger partial charge in [-0.1, -0.05) is 37.3 Å². The topological polar surface area (TPSA) is 50.4 Å². The van der Waals surface area contributed by atoms with E-state index in [2.05, 4.69) is 29.7 Å². The first-order valence-electron chi connectivity index (χ1n) is 8.05. The molecule has 0 saturated carbocycles. The van der Waals surface area contributed by atoms with E-state index in [-0.39, 0.29) is 6.03 Å². The summed E-state index contributed by atoms with van der Waals surface area (Å²) in [4.78, 5) is 12.0. The van der Waals surface area contributed by atoms with Crippen LogP contribution in [-0.4, -0.2) is 19.2 Å². The first kappa shape index (κ1) is 16.9. The number of carbonyl (C=O) groups is 1. The lowest BCUT2D eigenvalue weighted by Gasteiger charge is -2.16. The molecule has 2 rings (SSSR count). The van der Waals surface area contributed by atoms with Gasteiger partial charge in [-0.05, 0) is 43.2 Å². The lowest BCUT2D eigenvalue weighted by atomic mass is 9.97. The molecule has 0 fully saturated rings. The summed E-state index contributed by atoms with van der Waals surface area (Å²) in [5, 5.41) is 5.78. The number of nitrogens with one attached hydrogen (secondary N) is 2. The molecule has 4 heteroatoms. The quantitative estimate of drug-likeness (QED) is 0.796. The first-order valence-corrected chi connectivity index (χ1v) is 8.05. The molecule has 122 valence electrons. The van der Waals surface area contributed by atoms with Crippen molar-refractivity contribution in [2.24, 2.45) is 0 Å². The van der Waals surface area contributed by atoms with Gasteiger partial charge in [0.2, 0.25) is 0 Å². The van der Waals surface area contributed by atoms with Crippen LogP contribution in [0.1, 0.15) is 31.7 Å². The Morgan fingerprint density at radius 1 is 1.04 bits per heavy atom. The van der Waals surface area contributed by atoms with E-state index >= 15 is 0 Å². The van der Waals surface area contributed by atoms with Gasteiger partial charge in [0.25, 0.3) is 0 Å². The number of ether oxygens (including phenoxy) is 1. The lowest BCUT2D eigenvalue weighted by molar-refractivity contribution is 0.251. The van der Waals surface area contributed by atoms with E-state index in [0.717, 1.165) is 17.9 Å². The van der Waals surface area contributed by atoms with E-state index < -0.39 is 0 Å². The summed E-state index contributed by atoms with van der Waals surface area (Å²) in [5.74, 6) is 1.12. The maximum absolute atomic E-state index is 12.0. The fourth-order valence-electron chi connectivity index (χ4n) is 2.42. The SMILES string of the molecule is CCOc1ccc(NC(=O)NCC(CC)c2ccccc2)cc1. The Morgan fingerprint density at radius 2 is 1.74 bits per heavy atom. The van der Waals surface area contributed by atoms with Gasteiger partial charge >= 0.3 is 6.03 Å². The largest absolute Gasteiger partial charge is 0.494 e. The molecule has 0 heterocycles. The molecule has 2 amide bonds. The average Bonchev–Trinajstić information content (AvgIpc) is 2.58. The van der Waals surface area contributed by atoms with E-state index in [0.29, 0.717) is 19.1 Å². The third kappa shape index (κ3) is 5.33. The number of hydrogen-bond acceptors (Lipinski definition) is 2. The summed E-state index contributed by atoms with van der Waals surface area (Å²) < 4.78 is 5.38. The van der Waals surface area contributed by atoms with Gasteiger partial charge in [0.1, 0.15) is 5.75 Å². The molecule has 0 aliphatic heterocycles. The van der Waals surface area contributed by atoms with E-state index in [9.17, 15) is 4.79 Å². The van der Waals surface area contributed by atoms with Crippen LogP contribution >= 0.6 is 0 Å². The van der Waals surface area contributed by atoms with Crippen LogP contribution in [0.2, 0.25) is 0 Å². The molecular formula is C19H24N2O2. The van der Waals surface area contributed by atoms with Gasteiger partial charge in [0, 0.05) is 18.2 Å². The maximum atomic E-state index is 12.0. The van der Waals surface area contributed by atoms with Crippen LogP contribution in [0.15, 0.2) is 54.6 Å². The number of benzene rings is 2. The molecule has 0 saturated heterocycles. The minimum absolute atomic E-state index is 0.191. The Morgan fingerprint density at radius 3 is 2.35 bits per heavy atom. The molecule has 0 aliphatic rings. The predicted molar refractivity (Wildman–Crippen MR) is 94.1 cm³/mol. The van der Waals surface area contributed by atoms with Crippen LogP contribution in [0.5, 0.6) is 5.75 Å². The summed E-state index contributed by atoms with van der Waals surface area (Å²) in [6, 6.07) is 17.4. The molecule has 2 aromatic carbocycles. The van der Waals surface area contributed by atoms with Crippen LogP contribution < -0.4 is 15.4 Å². The molecule has 0 radical (unpaired) electrons. The fraction of sp³-hybridized carbons (Fsp3) is 0.316. The Balaban J connectivity index is 1.84. The van der Waals surface area contributed by atoms with E-state index in [1.165, 1.54) is 5.56 Å². The van der Waals surface area contributed by atoms with Gasteiger partial charge in [-0.3, -0.25) is 0 Å². The molecule has 0 spiro atoms. The lowest BCUT2D eigenvalue weighted by Crippen LogP contribution is -2.32. The van der Waals surface area contributed by atoms with Gasteiger partial charge in [0.05, 0.1) is 6.61 Å². The molecule has 4 nitrogen and oxygen atoms in total. The molecule has 1 unspecified atom stereocenters. The molecule has 23 heavy (non-hydrogen) atoms. The highest BCUT2D eigenvalue weighted by atomic mass is 16.5. The highest BCUT2D eigenvalue weighted by molar-refractivity contribution is 5.89. The summed E-state index contributed by atoms with van der Waals surface area (Å²) in [6.07, 6.45) is 0.980. The van der Waals surface area contributed by atoms with Crippen LogP contribution in [0.25, 0.3) is 0 Å². The Kier molecular flexibility index (Phi) is 6.48. The van der Waals surface area contributed by atoms with E-state index in [1.54, 1.807) is 0 Å². The average molecular weight is 312 g/mol. The standard InChI is InChI=1S/C19H24N2O2/c1-3-15(16-8-6-5-7-9-16)14-20-19(22)21-17-10-12-18(13-11-17)23-4-2/h5-13,15H,3-4,14H2,1-2H3,(H2,20,21,22). The van der Waals surface area contributed by atoms with E-state index in [4.69, 9.17) is 4.74 Å². The van der Waals surface area contributed by atoms with Crippen molar-refractivity contribution < 1.29 is 9.53 Å². The van der Waals surface area contributed by atoms with Gasteiger partial charge < -0.3 is 15.4 Å². The van der Waals surface area contributed by atoms with Crippen molar-refractivity contribution >= 4 is 11.7 Å². The number of carbonyl (C=O) groups excluding carboxylic acids is 1. The van der Waals surface area contributed by atoms with Crippen LogP contribution in [0.3, 0.4) is 0 Å². The monoisotopic (exact) mass is 312 g/mol. The highest BCUT2D eigenvalue weighted by Crippen LogP contribution is 2.18. The minimum atomic E-state index is -0.191. The van der Waals surface area contributed by atoms with Crippen molar-refractivity contribution in [1.82, 2.24) is 5.32 Å². The second kappa shape index (κ2) is 8.83. The number of rotatable bonds is 7. The second-order valence-corrected chi connectivity index (χ2v) is 5.31. The Hall–Kier alpha value is -2.49. The molecule has 2 aromatic rings. The van der Waals surface area contributed by atoms with Crippen molar-refractivity contribution in [2.45, 2.75) is 26.2 Å². The van der Waals surface area contributed by atoms with E-state index in [1.807, 2.05) is 49.4 Å². The summed E-state index contributed by atoms with van der Waals surface area (Å²) >= 11 is 0. The number of urea groups is 1. The van der Waals surface area contributed by atoms with Gasteiger partial charge in [0.15, 0.2) is 0 Å². The zero-order valence-corrected chi connectivity index (χ0v) is 13.7. The zero-order chi connectivity index (χ0) is 16.5. The fourth-order valence-corrected chi connectivity index (χ4v) is 2.42. The van der Waals surface area contributed by atoms with Crippen LogP contribution in [0.4, 0.5) is 10.5 Å². The van der Waals surface area contributed by atoms with Crippen LogP contribution in [-0.2, 0) is 0 Å².